The van der Waals surface area contributed by atoms with E-state index in [4.69, 9.17) is 16.3 Å². The number of benzene rings is 1. The topological polar surface area (TPSA) is 38.3 Å². The van der Waals surface area contributed by atoms with Crippen molar-refractivity contribution in [2.45, 2.75) is 12.8 Å². The smallest absolute Gasteiger partial charge is 0.224 e. The zero-order valence-electron chi connectivity index (χ0n) is 9.62. The highest BCUT2D eigenvalue weighted by molar-refractivity contribution is 6.18. The average molecular weight is 254 g/mol. The molecule has 1 aromatic carbocycles. The Morgan fingerprint density at radius 3 is 2.71 bits per heavy atom. The fourth-order valence-electron chi connectivity index (χ4n) is 1.24. The van der Waals surface area contributed by atoms with Gasteiger partial charge in [0.15, 0.2) is 0 Å². The summed E-state index contributed by atoms with van der Waals surface area (Å²) in [4.78, 5) is 11.4. The molecule has 1 aromatic rings. The summed E-state index contributed by atoms with van der Waals surface area (Å²) in [6.45, 7) is 4.04. The summed E-state index contributed by atoms with van der Waals surface area (Å²) in [5.74, 6) is 1.23. The van der Waals surface area contributed by atoms with Gasteiger partial charge in [-0.3, -0.25) is 4.79 Å². The van der Waals surface area contributed by atoms with Crippen LogP contribution in [0.1, 0.15) is 12.8 Å². The number of hydrogen-bond acceptors (Lipinski definition) is 2. The van der Waals surface area contributed by atoms with Gasteiger partial charge in [-0.1, -0.05) is 12.7 Å². The zero-order chi connectivity index (χ0) is 12.5. The molecule has 0 aliphatic heterocycles. The number of amides is 1. The second-order valence-corrected chi connectivity index (χ2v) is 3.84. The third kappa shape index (κ3) is 5.41. The van der Waals surface area contributed by atoms with E-state index in [0.29, 0.717) is 25.3 Å². The van der Waals surface area contributed by atoms with Crippen LogP contribution >= 0.6 is 11.6 Å². The fourth-order valence-corrected chi connectivity index (χ4v) is 1.37. The van der Waals surface area contributed by atoms with Crippen LogP contribution in [0.5, 0.6) is 5.75 Å². The Bertz CT molecular complexity index is 362. The highest BCUT2D eigenvalue weighted by Crippen LogP contribution is 2.15. The molecule has 0 aliphatic rings. The van der Waals surface area contributed by atoms with Gasteiger partial charge in [0.2, 0.25) is 5.91 Å². The van der Waals surface area contributed by atoms with Crippen LogP contribution in [0.3, 0.4) is 0 Å². The molecule has 3 nitrogen and oxygen atoms in total. The molecule has 4 heteroatoms. The first-order valence-electron chi connectivity index (χ1n) is 5.46. The van der Waals surface area contributed by atoms with Gasteiger partial charge in [0.25, 0.3) is 0 Å². The number of ether oxygens (including phenoxy) is 1. The molecule has 0 heterocycles. The van der Waals surface area contributed by atoms with Crippen LogP contribution in [0.2, 0.25) is 0 Å². The maximum absolute atomic E-state index is 11.4. The van der Waals surface area contributed by atoms with Gasteiger partial charge < -0.3 is 10.1 Å². The second-order valence-electron chi connectivity index (χ2n) is 3.46. The van der Waals surface area contributed by atoms with E-state index in [2.05, 4.69) is 11.9 Å². The highest BCUT2D eigenvalue weighted by Gasteiger charge is 2.01. The van der Waals surface area contributed by atoms with E-state index < -0.39 is 0 Å². The van der Waals surface area contributed by atoms with Gasteiger partial charge in [-0.25, -0.2) is 0 Å². The molecule has 17 heavy (non-hydrogen) atoms. The Morgan fingerprint density at radius 2 is 2.12 bits per heavy atom. The number of halogens is 1. The van der Waals surface area contributed by atoms with Crippen LogP contribution in [-0.4, -0.2) is 18.4 Å². The average Bonchev–Trinajstić information content (AvgIpc) is 2.35. The normalized spacial score (nSPS) is 9.71. The molecule has 0 aromatic heterocycles. The standard InChI is InChI=1S/C13H16ClNO2/c1-2-10-17-12-7-5-11(6-8-12)15-13(16)4-3-9-14/h2,5-8H,1,3-4,9-10H2,(H,15,16). The Balaban J connectivity index is 2.44. The lowest BCUT2D eigenvalue weighted by molar-refractivity contribution is -0.116. The number of nitrogens with one attached hydrogen (secondary N) is 1. The van der Waals surface area contributed by atoms with Crippen molar-refractivity contribution in [1.82, 2.24) is 0 Å². The molecule has 1 rings (SSSR count). The van der Waals surface area contributed by atoms with E-state index in [1.54, 1.807) is 30.3 Å². The maximum Gasteiger partial charge on any atom is 0.224 e. The molecular weight excluding hydrogens is 238 g/mol. The van der Waals surface area contributed by atoms with Crippen LogP contribution in [0, 0.1) is 0 Å². The third-order valence-corrected chi connectivity index (χ3v) is 2.31. The minimum Gasteiger partial charge on any atom is -0.490 e. The molecule has 0 atom stereocenters. The molecule has 0 fully saturated rings. The summed E-state index contributed by atoms with van der Waals surface area (Å²) in [6.07, 6.45) is 2.81. The molecule has 1 N–H and O–H groups in total. The van der Waals surface area contributed by atoms with Crippen molar-refractivity contribution in [3.8, 4) is 5.75 Å². The van der Waals surface area contributed by atoms with Crippen molar-refractivity contribution >= 4 is 23.2 Å². The molecule has 0 saturated heterocycles. The van der Waals surface area contributed by atoms with Crippen molar-refractivity contribution in [1.29, 1.82) is 0 Å². The van der Waals surface area contributed by atoms with Crippen LogP contribution in [0.4, 0.5) is 5.69 Å². The van der Waals surface area contributed by atoms with Gasteiger partial charge in [-0.15, -0.1) is 11.6 Å². The summed E-state index contributed by atoms with van der Waals surface area (Å²) in [5, 5.41) is 2.79. The second kappa shape index (κ2) is 7.74. The lowest BCUT2D eigenvalue weighted by Gasteiger charge is -2.06. The monoisotopic (exact) mass is 253 g/mol. The Hall–Kier alpha value is -1.48. The van der Waals surface area contributed by atoms with Gasteiger partial charge in [0, 0.05) is 18.0 Å². The van der Waals surface area contributed by atoms with E-state index in [-0.39, 0.29) is 5.91 Å². The zero-order valence-corrected chi connectivity index (χ0v) is 10.4. The van der Waals surface area contributed by atoms with Gasteiger partial charge in [-0.05, 0) is 30.7 Å². The first kappa shape index (κ1) is 13.6. The van der Waals surface area contributed by atoms with Gasteiger partial charge in [-0.2, -0.15) is 0 Å². The van der Waals surface area contributed by atoms with E-state index in [1.165, 1.54) is 0 Å². The number of carbonyl (C=O) groups excluding carboxylic acids is 1. The van der Waals surface area contributed by atoms with Gasteiger partial charge >= 0.3 is 0 Å². The van der Waals surface area contributed by atoms with Crippen LogP contribution in [-0.2, 0) is 4.79 Å². The van der Waals surface area contributed by atoms with E-state index in [1.807, 2.05) is 0 Å². The highest BCUT2D eigenvalue weighted by atomic mass is 35.5. The Labute approximate surface area is 106 Å². The summed E-state index contributed by atoms with van der Waals surface area (Å²) in [7, 11) is 0. The number of rotatable bonds is 7. The minimum absolute atomic E-state index is 0.0228. The number of anilines is 1. The lowest BCUT2D eigenvalue weighted by atomic mass is 10.2. The minimum atomic E-state index is -0.0228. The molecule has 0 saturated carbocycles. The predicted octanol–water partition coefficient (Wildman–Crippen LogP) is 3.21. The molecule has 0 spiro atoms. The summed E-state index contributed by atoms with van der Waals surface area (Å²) in [5.41, 5.74) is 0.760. The molecule has 1 amide bonds. The Kier molecular flexibility index (Phi) is 6.18. The molecule has 0 aliphatic carbocycles. The first-order chi connectivity index (χ1) is 8.26. The Morgan fingerprint density at radius 1 is 1.41 bits per heavy atom. The van der Waals surface area contributed by atoms with Crippen LogP contribution < -0.4 is 10.1 Å². The fraction of sp³-hybridized carbons (Fsp3) is 0.308. The number of alkyl halides is 1. The lowest BCUT2D eigenvalue weighted by Crippen LogP contribution is -2.11. The quantitative estimate of drug-likeness (QED) is 0.599. The third-order valence-electron chi connectivity index (χ3n) is 2.04. The molecular formula is C13H16ClNO2. The van der Waals surface area contributed by atoms with E-state index in [9.17, 15) is 4.79 Å². The SMILES string of the molecule is C=CCOc1ccc(NC(=O)CCCCl)cc1. The summed E-state index contributed by atoms with van der Waals surface area (Å²) >= 11 is 5.51. The van der Waals surface area contributed by atoms with Gasteiger partial charge in [0.1, 0.15) is 12.4 Å². The summed E-state index contributed by atoms with van der Waals surface area (Å²) < 4.78 is 5.33. The van der Waals surface area contributed by atoms with Gasteiger partial charge in [0.05, 0.1) is 0 Å². The van der Waals surface area contributed by atoms with Crippen LogP contribution in [0.25, 0.3) is 0 Å². The van der Waals surface area contributed by atoms with E-state index >= 15 is 0 Å². The van der Waals surface area contributed by atoms with Crippen molar-refractivity contribution in [2.75, 3.05) is 17.8 Å². The summed E-state index contributed by atoms with van der Waals surface area (Å²) in [6, 6.07) is 7.22. The largest absolute Gasteiger partial charge is 0.490 e. The molecule has 0 radical (unpaired) electrons. The maximum atomic E-state index is 11.4. The predicted molar refractivity (Wildman–Crippen MR) is 70.7 cm³/mol. The van der Waals surface area contributed by atoms with Crippen molar-refractivity contribution in [2.24, 2.45) is 0 Å². The number of hydrogen-bond donors (Lipinski definition) is 1. The molecule has 0 unspecified atom stereocenters. The van der Waals surface area contributed by atoms with Crippen LogP contribution in [0.15, 0.2) is 36.9 Å². The van der Waals surface area contributed by atoms with Crippen molar-refractivity contribution in [3.05, 3.63) is 36.9 Å². The number of carbonyl (C=O) groups is 1. The van der Waals surface area contributed by atoms with Crippen molar-refractivity contribution in [3.63, 3.8) is 0 Å². The van der Waals surface area contributed by atoms with E-state index in [0.717, 1.165) is 11.4 Å². The molecule has 0 bridgehead atoms. The molecule has 92 valence electrons. The van der Waals surface area contributed by atoms with Crippen molar-refractivity contribution < 1.29 is 9.53 Å². The first-order valence-corrected chi connectivity index (χ1v) is 5.99.